The molecule has 0 bridgehead atoms. The number of aryl methyl sites for hydroxylation is 2. The van der Waals surface area contributed by atoms with Gasteiger partial charge in [0.05, 0.1) is 12.7 Å². The molecule has 7 heteroatoms. The first-order valence-electron chi connectivity index (χ1n) is 6.62. The van der Waals surface area contributed by atoms with Gasteiger partial charge < -0.3 is 5.32 Å². The second kappa shape index (κ2) is 4.73. The molecule has 2 aromatic heterocycles. The van der Waals surface area contributed by atoms with Crippen molar-refractivity contribution in [3.8, 4) is 0 Å². The van der Waals surface area contributed by atoms with Crippen molar-refractivity contribution in [3.63, 3.8) is 0 Å². The van der Waals surface area contributed by atoms with E-state index in [4.69, 9.17) is 0 Å². The van der Waals surface area contributed by atoms with E-state index in [0.29, 0.717) is 18.4 Å². The lowest BCUT2D eigenvalue weighted by Gasteiger charge is -2.04. The van der Waals surface area contributed by atoms with Crippen LogP contribution in [0.15, 0.2) is 0 Å². The van der Waals surface area contributed by atoms with Crippen molar-refractivity contribution in [2.75, 3.05) is 0 Å². The van der Waals surface area contributed by atoms with Crippen molar-refractivity contribution in [2.24, 2.45) is 7.05 Å². The SMILES string of the molecule is Cc1nn(Cc2nnn(C)n2)c(C)c1CNC1CC1. The van der Waals surface area contributed by atoms with Crippen molar-refractivity contribution in [1.82, 2.24) is 35.3 Å². The largest absolute Gasteiger partial charge is 0.310 e. The lowest BCUT2D eigenvalue weighted by atomic mass is 10.2. The molecule has 19 heavy (non-hydrogen) atoms. The maximum absolute atomic E-state index is 4.57. The number of tetrazole rings is 1. The van der Waals surface area contributed by atoms with Gasteiger partial charge in [0, 0.05) is 23.8 Å². The summed E-state index contributed by atoms with van der Waals surface area (Å²) in [6.45, 7) is 5.62. The van der Waals surface area contributed by atoms with Gasteiger partial charge in [0.25, 0.3) is 0 Å². The molecule has 0 amide bonds. The highest BCUT2D eigenvalue weighted by Gasteiger charge is 2.21. The minimum absolute atomic E-state index is 0.573. The molecule has 1 N–H and O–H groups in total. The molecule has 0 radical (unpaired) electrons. The topological polar surface area (TPSA) is 73.5 Å². The maximum Gasteiger partial charge on any atom is 0.196 e. The molecule has 1 aliphatic rings. The van der Waals surface area contributed by atoms with Gasteiger partial charge in [-0.15, -0.1) is 10.2 Å². The third kappa shape index (κ3) is 2.65. The fourth-order valence-electron chi connectivity index (χ4n) is 2.20. The molecule has 0 saturated heterocycles. The van der Waals surface area contributed by atoms with Gasteiger partial charge >= 0.3 is 0 Å². The Bertz CT molecular complexity index is 579. The zero-order chi connectivity index (χ0) is 13.4. The van der Waals surface area contributed by atoms with Crippen LogP contribution in [0.1, 0.15) is 35.6 Å². The summed E-state index contributed by atoms with van der Waals surface area (Å²) in [5, 5.41) is 20.1. The van der Waals surface area contributed by atoms with Crippen LogP contribution in [0.2, 0.25) is 0 Å². The summed E-state index contributed by atoms with van der Waals surface area (Å²) in [5.74, 6) is 0.690. The molecule has 7 nitrogen and oxygen atoms in total. The van der Waals surface area contributed by atoms with E-state index in [-0.39, 0.29) is 0 Å². The van der Waals surface area contributed by atoms with Crippen molar-refractivity contribution >= 4 is 0 Å². The van der Waals surface area contributed by atoms with Crippen LogP contribution < -0.4 is 5.32 Å². The van der Waals surface area contributed by atoms with E-state index in [9.17, 15) is 0 Å². The summed E-state index contributed by atoms with van der Waals surface area (Å²) in [5.41, 5.74) is 3.54. The average Bonchev–Trinajstić information content (AvgIpc) is 3.05. The van der Waals surface area contributed by atoms with Crippen LogP contribution in [0.4, 0.5) is 0 Å². The summed E-state index contributed by atoms with van der Waals surface area (Å²) in [6.07, 6.45) is 2.60. The first-order chi connectivity index (χ1) is 9.13. The van der Waals surface area contributed by atoms with Crippen LogP contribution in [-0.4, -0.2) is 36.0 Å². The molecule has 1 aliphatic carbocycles. The molecule has 0 aromatic carbocycles. The molecule has 0 unspecified atom stereocenters. The number of aromatic nitrogens is 6. The molecule has 2 aromatic rings. The minimum atomic E-state index is 0.573. The van der Waals surface area contributed by atoms with Crippen LogP contribution in [-0.2, 0) is 20.1 Å². The van der Waals surface area contributed by atoms with Crippen molar-refractivity contribution < 1.29 is 0 Å². The molecule has 0 atom stereocenters. The smallest absolute Gasteiger partial charge is 0.196 e. The van der Waals surface area contributed by atoms with Gasteiger partial charge in [-0.05, 0) is 31.9 Å². The normalized spacial score (nSPS) is 15.1. The first-order valence-corrected chi connectivity index (χ1v) is 6.62. The number of hydrogen-bond donors (Lipinski definition) is 1. The number of rotatable bonds is 5. The molecule has 3 rings (SSSR count). The highest BCUT2D eigenvalue weighted by Crippen LogP contribution is 2.21. The van der Waals surface area contributed by atoms with Gasteiger partial charge in [0.15, 0.2) is 5.82 Å². The fraction of sp³-hybridized carbons (Fsp3) is 0.667. The third-order valence-corrected chi connectivity index (χ3v) is 3.52. The summed E-state index contributed by atoms with van der Waals surface area (Å²) >= 11 is 0. The second-order valence-corrected chi connectivity index (χ2v) is 5.16. The maximum atomic E-state index is 4.57. The molecule has 2 heterocycles. The van der Waals surface area contributed by atoms with E-state index in [1.165, 1.54) is 28.9 Å². The molecule has 0 aliphatic heterocycles. The minimum Gasteiger partial charge on any atom is -0.310 e. The lowest BCUT2D eigenvalue weighted by molar-refractivity contribution is 0.609. The summed E-state index contributed by atoms with van der Waals surface area (Å²) in [7, 11) is 1.77. The number of nitrogens with one attached hydrogen (secondary N) is 1. The van der Waals surface area contributed by atoms with E-state index >= 15 is 0 Å². The average molecular weight is 261 g/mol. The van der Waals surface area contributed by atoms with E-state index in [0.717, 1.165) is 12.2 Å². The quantitative estimate of drug-likeness (QED) is 0.839. The molecule has 1 fully saturated rings. The lowest BCUT2D eigenvalue weighted by Crippen LogP contribution is -2.16. The standard InChI is InChI=1S/C12H19N7/c1-8-11(6-13-10-4-5-10)9(2)19(15-8)7-12-14-17-18(3)16-12/h10,13H,4-7H2,1-3H3. The van der Waals surface area contributed by atoms with E-state index in [1.807, 2.05) is 4.68 Å². The van der Waals surface area contributed by atoms with Gasteiger partial charge in [0.1, 0.15) is 6.54 Å². The zero-order valence-corrected chi connectivity index (χ0v) is 11.6. The molecule has 0 spiro atoms. The van der Waals surface area contributed by atoms with Gasteiger partial charge in [-0.3, -0.25) is 4.68 Å². The Morgan fingerprint density at radius 3 is 2.68 bits per heavy atom. The predicted molar refractivity (Wildman–Crippen MR) is 69.5 cm³/mol. The Morgan fingerprint density at radius 1 is 1.26 bits per heavy atom. The van der Waals surface area contributed by atoms with Crippen LogP contribution >= 0.6 is 0 Å². The van der Waals surface area contributed by atoms with Crippen molar-refractivity contribution in [3.05, 3.63) is 22.8 Å². The van der Waals surface area contributed by atoms with Crippen LogP contribution in [0.3, 0.4) is 0 Å². The first kappa shape index (κ1) is 12.3. The van der Waals surface area contributed by atoms with Gasteiger partial charge in [-0.25, -0.2) is 0 Å². The third-order valence-electron chi connectivity index (χ3n) is 3.52. The van der Waals surface area contributed by atoms with Crippen LogP contribution in [0, 0.1) is 13.8 Å². The molecule has 1 saturated carbocycles. The monoisotopic (exact) mass is 261 g/mol. The van der Waals surface area contributed by atoms with Crippen LogP contribution in [0.5, 0.6) is 0 Å². The van der Waals surface area contributed by atoms with Crippen molar-refractivity contribution in [1.29, 1.82) is 0 Å². The Morgan fingerprint density at radius 2 is 2.05 bits per heavy atom. The van der Waals surface area contributed by atoms with Crippen molar-refractivity contribution in [2.45, 2.75) is 45.8 Å². The molecule has 102 valence electrons. The molecular weight excluding hydrogens is 242 g/mol. The summed E-state index contributed by atoms with van der Waals surface area (Å²) in [4.78, 5) is 1.47. The Kier molecular flexibility index (Phi) is 3.06. The van der Waals surface area contributed by atoms with Gasteiger partial charge in [-0.2, -0.15) is 9.90 Å². The highest BCUT2D eigenvalue weighted by molar-refractivity contribution is 5.24. The summed E-state index contributed by atoms with van der Waals surface area (Å²) in [6, 6.07) is 0.712. The zero-order valence-electron chi connectivity index (χ0n) is 11.6. The predicted octanol–water partition coefficient (Wildman–Crippen LogP) is 0.324. The summed E-state index contributed by atoms with van der Waals surface area (Å²) < 4.78 is 1.95. The Balaban J connectivity index is 1.75. The van der Waals surface area contributed by atoms with E-state index in [1.54, 1.807) is 7.05 Å². The molecular formula is C12H19N7. The van der Waals surface area contributed by atoms with E-state index < -0.39 is 0 Å². The fourth-order valence-corrected chi connectivity index (χ4v) is 2.20. The Labute approximate surface area is 112 Å². The number of nitrogens with zero attached hydrogens (tertiary/aromatic N) is 6. The van der Waals surface area contributed by atoms with Gasteiger partial charge in [0.2, 0.25) is 0 Å². The van der Waals surface area contributed by atoms with Gasteiger partial charge in [-0.1, -0.05) is 0 Å². The second-order valence-electron chi connectivity index (χ2n) is 5.16. The van der Waals surface area contributed by atoms with E-state index in [2.05, 4.69) is 39.7 Å². The number of hydrogen-bond acceptors (Lipinski definition) is 5. The Hall–Kier alpha value is -1.76. The highest BCUT2D eigenvalue weighted by atomic mass is 15.6. The van der Waals surface area contributed by atoms with Crippen LogP contribution in [0.25, 0.3) is 0 Å².